The van der Waals surface area contributed by atoms with Gasteiger partial charge in [-0.1, -0.05) is 33.8 Å². The summed E-state index contributed by atoms with van der Waals surface area (Å²) in [6.07, 6.45) is 2.51. The molecule has 1 aliphatic rings. The number of halogens is 1. The third-order valence-electron chi connectivity index (χ3n) is 3.13. The van der Waals surface area contributed by atoms with Crippen molar-refractivity contribution >= 4 is 33.5 Å². The van der Waals surface area contributed by atoms with Gasteiger partial charge in [-0.15, -0.1) is 0 Å². The van der Waals surface area contributed by atoms with Crippen molar-refractivity contribution in [3.63, 3.8) is 0 Å². The fourth-order valence-electron chi connectivity index (χ4n) is 1.92. The molecule has 5 nitrogen and oxygen atoms in total. The maximum atomic E-state index is 11.5. The number of nitrogen functional groups attached to an aromatic ring is 1. The van der Waals surface area contributed by atoms with Crippen molar-refractivity contribution in [1.29, 1.82) is 0 Å². The van der Waals surface area contributed by atoms with E-state index >= 15 is 0 Å². The van der Waals surface area contributed by atoms with Gasteiger partial charge in [0, 0.05) is 28.0 Å². The molecular weight excluding hydrogens is 352 g/mol. The van der Waals surface area contributed by atoms with Crippen molar-refractivity contribution in [3.05, 3.63) is 44.7 Å². The average Bonchev–Trinajstić information content (AvgIpc) is 3.20. The molecule has 1 heterocycles. The van der Waals surface area contributed by atoms with Gasteiger partial charge in [0.2, 0.25) is 0 Å². The molecular formula is C14H15BrN4OS. The van der Waals surface area contributed by atoms with Gasteiger partial charge in [-0.3, -0.25) is 4.79 Å². The number of H-pyrrole nitrogens is 1. The summed E-state index contributed by atoms with van der Waals surface area (Å²) in [6.45, 7) is 0.812. The zero-order valence-electron chi connectivity index (χ0n) is 11.2. The number of anilines is 1. The number of benzene rings is 1. The minimum atomic E-state index is -0.238. The van der Waals surface area contributed by atoms with E-state index in [0.717, 1.165) is 15.9 Å². The largest absolute Gasteiger partial charge is 0.383 e. The molecule has 3 rings (SSSR count). The van der Waals surface area contributed by atoms with E-state index in [2.05, 4.69) is 37.3 Å². The first-order valence-electron chi connectivity index (χ1n) is 6.66. The van der Waals surface area contributed by atoms with Crippen LogP contribution in [-0.4, -0.2) is 16.0 Å². The van der Waals surface area contributed by atoms with Gasteiger partial charge in [0.15, 0.2) is 5.16 Å². The lowest BCUT2D eigenvalue weighted by Crippen LogP contribution is -2.16. The maximum Gasteiger partial charge on any atom is 0.253 e. The average molecular weight is 367 g/mol. The van der Waals surface area contributed by atoms with E-state index in [-0.39, 0.29) is 11.4 Å². The van der Waals surface area contributed by atoms with Crippen LogP contribution in [0.1, 0.15) is 18.4 Å². The summed E-state index contributed by atoms with van der Waals surface area (Å²) in [5.74, 6) is 0.230. The molecule has 0 amide bonds. The Morgan fingerprint density at radius 2 is 2.24 bits per heavy atom. The van der Waals surface area contributed by atoms with Crippen LogP contribution in [0.15, 0.2) is 43.6 Å². The van der Waals surface area contributed by atoms with E-state index in [1.807, 2.05) is 12.1 Å². The standard InChI is InChI=1S/C14H15BrN4OS/c15-9-2-1-8(7-17-10-3-4-10)11(5-9)21-14-18-12(16)6-13(20)19-14/h1-2,5-6,10,17H,3-4,7H2,(H3,16,18,19,20). The van der Waals surface area contributed by atoms with Crippen molar-refractivity contribution in [3.8, 4) is 0 Å². The van der Waals surface area contributed by atoms with Crippen LogP contribution in [0.5, 0.6) is 0 Å². The van der Waals surface area contributed by atoms with Crippen LogP contribution in [-0.2, 0) is 6.54 Å². The van der Waals surface area contributed by atoms with Gasteiger partial charge in [0.1, 0.15) is 5.82 Å². The SMILES string of the molecule is Nc1cc(=O)[nH]c(Sc2cc(Br)ccc2CNC2CC2)n1. The zero-order chi connectivity index (χ0) is 14.8. The first-order valence-corrected chi connectivity index (χ1v) is 8.27. The Morgan fingerprint density at radius 3 is 2.95 bits per heavy atom. The molecule has 4 N–H and O–H groups in total. The minimum absolute atomic E-state index is 0.230. The van der Waals surface area contributed by atoms with Crippen LogP contribution in [0.3, 0.4) is 0 Å². The fourth-order valence-corrected chi connectivity index (χ4v) is 3.40. The van der Waals surface area contributed by atoms with Gasteiger partial charge < -0.3 is 16.0 Å². The van der Waals surface area contributed by atoms with Gasteiger partial charge in [0.25, 0.3) is 5.56 Å². The molecule has 0 bridgehead atoms. The number of nitrogens with two attached hydrogens (primary N) is 1. The second kappa shape index (κ2) is 6.21. The Kier molecular flexibility index (Phi) is 4.32. The van der Waals surface area contributed by atoms with Gasteiger partial charge in [0.05, 0.1) is 0 Å². The number of nitrogens with one attached hydrogen (secondary N) is 2. The molecule has 21 heavy (non-hydrogen) atoms. The van der Waals surface area contributed by atoms with E-state index in [9.17, 15) is 4.79 Å². The second-order valence-electron chi connectivity index (χ2n) is 4.98. The number of rotatable bonds is 5. The summed E-state index contributed by atoms with van der Waals surface area (Å²) < 4.78 is 0.992. The monoisotopic (exact) mass is 366 g/mol. The molecule has 0 spiro atoms. The Balaban J connectivity index is 1.84. The third kappa shape index (κ3) is 4.09. The Morgan fingerprint density at radius 1 is 1.43 bits per heavy atom. The predicted octanol–water partition coefficient (Wildman–Crippen LogP) is 2.52. The summed E-state index contributed by atoms with van der Waals surface area (Å²) in [5.41, 5.74) is 6.56. The summed E-state index contributed by atoms with van der Waals surface area (Å²) in [4.78, 5) is 19.4. The number of hydrogen-bond acceptors (Lipinski definition) is 5. The molecule has 0 saturated heterocycles. The van der Waals surface area contributed by atoms with Crippen LogP contribution in [0, 0.1) is 0 Å². The van der Waals surface area contributed by atoms with Gasteiger partial charge in [-0.25, -0.2) is 4.98 Å². The summed E-state index contributed by atoms with van der Waals surface area (Å²) in [7, 11) is 0. The lowest BCUT2D eigenvalue weighted by Gasteiger charge is -2.10. The first-order chi connectivity index (χ1) is 10.1. The number of aromatic amines is 1. The van der Waals surface area contributed by atoms with Crippen LogP contribution in [0.4, 0.5) is 5.82 Å². The number of hydrogen-bond donors (Lipinski definition) is 3. The topological polar surface area (TPSA) is 83.8 Å². The van der Waals surface area contributed by atoms with Crippen molar-refractivity contribution < 1.29 is 0 Å². The first kappa shape index (κ1) is 14.6. The highest BCUT2D eigenvalue weighted by Crippen LogP contribution is 2.31. The number of nitrogens with zero attached hydrogens (tertiary/aromatic N) is 1. The van der Waals surface area contributed by atoms with E-state index in [0.29, 0.717) is 11.2 Å². The maximum absolute atomic E-state index is 11.5. The Labute approximate surface area is 134 Å². The van der Waals surface area contributed by atoms with Crippen molar-refractivity contribution in [2.45, 2.75) is 35.5 Å². The Hall–Kier alpha value is -1.31. The Bertz CT molecular complexity index is 714. The van der Waals surface area contributed by atoms with Crippen LogP contribution in [0.2, 0.25) is 0 Å². The molecule has 1 aromatic carbocycles. The molecule has 1 fully saturated rings. The molecule has 1 aliphatic carbocycles. The fraction of sp³-hybridized carbons (Fsp3) is 0.286. The molecule has 0 atom stereocenters. The van der Waals surface area contributed by atoms with E-state index in [1.165, 1.54) is 36.2 Å². The second-order valence-corrected chi connectivity index (χ2v) is 6.93. The van der Waals surface area contributed by atoms with E-state index < -0.39 is 0 Å². The van der Waals surface area contributed by atoms with Gasteiger partial charge >= 0.3 is 0 Å². The van der Waals surface area contributed by atoms with Gasteiger partial charge in [-0.05, 0) is 30.5 Å². The highest BCUT2D eigenvalue weighted by Gasteiger charge is 2.20. The highest BCUT2D eigenvalue weighted by atomic mass is 79.9. The van der Waals surface area contributed by atoms with Crippen LogP contribution >= 0.6 is 27.7 Å². The van der Waals surface area contributed by atoms with Crippen LogP contribution in [0.25, 0.3) is 0 Å². The zero-order valence-corrected chi connectivity index (χ0v) is 13.6. The van der Waals surface area contributed by atoms with Crippen molar-refractivity contribution in [2.24, 2.45) is 0 Å². The smallest absolute Gasteiger partial charge is 0.253 e. The normalized spacial score (nSPS) is 14.3. The summed E-state index contributed by atoms with van der Waals surface area (Å²) in [5, 5.41) is 4.00. The quantitative estimate of drug-likeness (QED) is 0.708. The molecule has 0 radical (unpaired) electrons. The highest BCUT2D eigenvalue weighted by molar-refractivity contribution is 9.10. The van der Waals surface area contributed by atoms with Gasteiger partial charge in [-0.2, -0.15) is 0 Å². The minimum Gasteiger partial charge on any atom is -0.383 e. The molecule has 1 saturated carbocycles. The van der Waals surface area contributed by atoms with E-state index in [4.69, 9.17) is 5.73 Å². The lowest BCUT2D eigenvalue weighted by molar-refractivity contribution is 0.680. The molecule has 1 aromatic heterocycles. The summed E-state index contributed by atoms with van der Waals surface area (Å²) >= 11 is 4.89. The van der Waals surface area contributed by atoms with Crippen molar-refractivity contribution in [2.75, 3.05) is 5.73 Å². The third-order valence-corrected chi connectivity index (χ3v) is 4.61. The van der Waals surface area contributed by atoms with E-state index in [1.54, 1.807) is 0 Å². The predicted molar refractivity (Wildman–Crippen MR) is 87.4 cm³/mol. The molecule has 110 valence electrons. The number of aromatic nitrogens is 2. The molecule has 7 heteroatoms. The lowest BCUT2D eigenvalue weighted by atomic mass is 10.2. The molecule has 0 unspecified atom stereocenters. The van der Waals surface area contributed by atoms with Crippen molar-refractivity contribution in [1.82, 2.24) is 15.3 Å². The molecule has 0 aliphatic heterocycles. The van der Waals surface area contributed by atoms with Crippen LogP contribution < -0.4 is 16.6 Å². The summed E-state index contributed by atoms with van der Waals surface area (Å²) in [6, 6.07) is 8.05. The molecule has 2 aromatic rings.